The number of likely N-dealkylation sites (N-methyl/N-ethyl adjacent to an activating group) is 1. The molecule has 0 bridgehead atoms. The summed E-state index contributed by atoms with van der Waals surface area (Å²) in [4.78, 5) is 29.6. The van der Waals surface area contributed by atoms with Crippen LogP contribution in [0.25, 0.3) is 5.76 Å². The van der Waals surface area contributed by atoms with Crippen LogP contribution in [0.2, 0.25) is 0 Å². The van der Waals surface area contributed by atoms with Crippen LogP contribution in [0.3, 0.4) is 0 Å². The molecule has 176 valence electrons. The van der Waals surface area contributed by atoms with Gasteiger partial charge in [0.25, 0.3) is 11.7 Å². The van der Waals surface area contributed by atoms with E-state index in [0.717, 1.165) is 11.1 Å². The number of aliphatic hydroxyl groups is 1. The van der Waals surface area contributed by atoms with E-state index in [-0.39, 0.29) is 23.0 Å². The molecule has 2 aromatic carbocycles. The third kappa shape index (κ3) is 4.73. The van der Waals surface area contributed by atoms with Crippen LogP contribution in [0.5, 0.6) is 11.5 Å². The van der Waals surface area contributed by atoms with Gasteiger partial charge in [-0.15, -0.1) is 0 Å². The van der Waals surface area contributed by atoms with E-state index < -0.39 is 17.7 Å². The lowest BCUT2D eigenvalue weighted by Crippen LogP contribution is -2.35. The maximum Gasteiger partial charge on any atom is 0.295 e. The zero-order chi connectivity index (χ0) is 24.4. The highest BCUT2D eigenvalue weighted by atomic mass is 16.5. The Bertz CT molecular complexity index is 1090. The number of aryl methyl sites for hydroxylation is 1. The van der Waals surface area contributed by atoms with Crippen LogP contribution in [0.15, 0.2) is 42.0 Å². The zero-order valence-electron chi connectivity index (χ0n) is 20.0. The van der Waals surface area contributed by atoms with Gasteiger partial charge in [0.1, 0.15) is 17.3 Å². The van der Waals surface area contributed by atoms with Crippen molar-refractivity contribution in [3.63, 3.8) is 0 Å². The molecule has 1 saturated heterocycles. The van der Waals surface area contributed by atoms with Crippen LogP contribution in [0.1, 0.15) is 48.1 Å². The molecular weight excluding hydrogens is 420 g/mol. The molecule has 0 aliphatic carbocycles. The SMILES string of the molecule is COc1cc(C)c(/C(O)=C2\C(=O)C(=O)N(CCN(C)C)C2c2ccc(O)cc2)cc1C(C)C. The predicted molar refractivity (Wildman–Crippen MR) is 127 cm³/mol. The van der Waals surface area contributed by atoms with Crippen molar-refractivity contribution in [1.82, 2.24) is 9.80 Å². The van der Waals surface area contributed by atoms with Gasteiger partial charge in [-0.1, -0.05) is 26.0 Å². The van der Waals surface area contributed by atoms with E-state index in [1.807, 2.05) is 51.9 Å². The van der Waals surface area contributed by atoms with Gasteiger partial charge in [0, 0.05) is 18.7 Å². The van der Waals surface area contributed by atoms with Crippen molar-refractivity contribution in [3.8, 4) is 11.5 Å². The smallest absolute Gasteiger partial charge is 0.295 e. The largest absolute Gasteiger partial charge is 0.508 e. The van der Waals surface area contributed by atoms with Gasteiger partial charge in [0.15, 0.2) is 0 Å². The lowest BCUT2D eigenvalue weighted by Gasteiger charge is -2.27. The molecule has 1 amide bonds. The molecule has 1 heterocycles. The third-order valence-electron chi connectivity index (χ3n) is 5.99. The number of aromatic hydroxyl groups is 1. The summed E-state index contributed by atoms with van der Waals surface area (Å²) in [7, 11) is 5.38. The van der Waals surface area contributed by atoms with Crippen molar-refractivity contribution in [2.45, 2.75) is 32.7 Å². The summed E-state index contributed by atoms with van der Waals surface area (Å²) in [6.07, 6.45) is 0. The van der Waals surface area contributed by atoms with Gasteiger partial charge < -0.3 is 24.7 Å². The van der Waals surface area contributed by atoms with Crippen LogP contribution in [0.4, 0.5) is 0 Å². The van der Waals surface area contributed by atoms with Crippen LogP contribution < -0.4 is 4.74 Å². The van der Waals surface area contributed by atoms with Crippen LogP contribution in [0, 0.1) is 6.92 Å². The number of rotatable bonds is 7. The van der Waals surface area contributed by atoms with E-state index in [2.05, 4.69) is 0 Å². The van der Waals surface area contributed by atoms with Crippen LogP contribution in [-0.2, 0) is 9.59 Å². The number of benzene rings is 2. The number of ketones is 1. The van der Waals surface area contributed by atoms with Crippen molar-refractivity contribution in [2.24, 2.45) is 0 Å². The number of nitrogens with zero attached hydrogens (tertiary/aromatic N) is 2. The molecule has 1 unspecified atom stereocenters. The Balaban J connectivity index is 2.23. The van der Waals surface area contributed by atoms with Crippen LogP contribution >= 0.6 is 0 Å². The summed E-state index contributed by atoms with van der Waals surface area (Å²) in [5.74, 6) is -0.655. The fourth-order valence-electron chi connectivity index (χ4n) is 4.15. The molecule has 1 atom stereocenters. The first-order valence-corrected chi connectivity index (χ1v) is 11.0. The molecule has 0 radical (unpaired) electrons. The van der Waals surface area contributed by atoms with E-state index in [0.29, 0.717) is 30.0 Å². The van der Waals surface area contributed by atoms with Gasteiger partial charge in [-0.25, -0.2) is 0 Å². The molecule has 2 N–H and O–H groups in total. The fourth-order valence-corrected chi connectivity index (χ4v) is 4.15. The van der Waals surface area contributed by atoms with Gasteiger partial charge in [0.05, 0.1) is 18.7 Å². The number of carbonyl (C=O) groups excluding carboxylic acids is 2. The highest BCUT2D eigenvalue weighted by Crippen LogP contribution is 2.41. The first-order valence-electron chi connectivity index (χ1n) is 11.0. The summed E-state index contributed by atoms with van der Waals surface area (Å²) < 4.78 is 5.50. The Morgan fingerprint density at radius 2 is 1.79 bits per heavy atom. The van der Waals surface area contributed by atoms with Gasteiger partial charge in [-0.3, -0.25) is 9.59 Å². The summed E-state index contributed by atoms with van der Waals surface area (Å²) in [5, 5.41) is 21.2. The van der Waals surface area contributed by atoms with E-state index in [9.17, 15) is 19.8 Å². The maximum atomic E-state index is 13.2. The topological polar surface area (TPSA) is 90.3 Å². The van der Waals surface area contributed by atoms with Gasteiger partial charge in [0.2, 0.25) is 0 Å². The molecule has 33 heavy (non-hydrogen) atoms. The molecule has 3 rings (SSSR count). The molecule has 2 aromatic rings. The molecule has 1 aliphatic heterocycles. The monoisotopic (exact) mass is 452 g/mol. The number of likely N-dealkylation sites (tertiary alicyclic amines) is 1. The number of amides is 1. The summed E-state index contributed by atoms with van der Waals surface area (Å²) >= 11 is 0. The Morgan fingerprint density at radius 1 is 1.15 bits per heavy atom. The standard InChI is InChI=1S/C26H32N2O5/c1-15(2)19-14-20(16(3)13-21(19)33-6)24(30)22-23(17-7-9-18(29)10-8-17)28(12-11-27(4)5)26(32)25(22)31/h7-10,13-15,23,29-30H,11-12H2,1-6H3/b24-22+. The summed E-state index contributed by atoms with van der Waals surface area (Å²) in [6, 6.07) is 9.27. The van der Waals surface area contributed by atoms with E-state index >= 15 is 0 Å². The minimum absolute atomic E-state index is 0.0485. The Kier molecular flexibility index (Phi) is 7.12. The molecular formula is C26H32N2O5. The number of phenolic OH excluding ortho intramolecular Hbond substituents is 1. The van der Waals surface area contributed by atoms with Crippen molar-refractivity contribution >= 4 is 17.4 Å². The lowest BCUT2D eigenvalue weighted by molar-refractivity contribution is -0.140. The van der Waals surface area contributed by atoms with Crippen molar-refractivity contribution in [2.75, 3.05) is 34.3 Å². The number of hydrogen-bond acceptors (Lipinski definition) is 6. The Morgan fingerprint density at radius 3 is 2.33 bits per heavy atom. The molecule has 7 nitrogen and oxygen atoms in total. The lowest BCUT2D eigenvalue weighted by atomic mass is 9.91. The second-order valence-corrected chi connectivity index (χ2v) is 8.95. The number of ether oxygens (including phenoxy) is 1. The average Bonchev–Trinajstić information content (AvgIpc) is 3.02. The second-order valence-electron chi connectivity index (χ2n) is 8.95. The number of aliphatic hydroxyl groups excluding tert-OH is 1. The van der Waals surface area contributed by atoms with Crippen LogP contribution in [-0.4, -0.2) is 66.0 Å². The minimum Gasteiger partial charge on any atom is -0.508 e. The molecule has 0 saturated carbocycles. The van der Waals surface area contributed by atoms with Gasteiger partial charge in [-0.05, 0) is 67.9 Å². The van der Waals surface area contributed by atoms with Crippen molar-refractivity contribution in [3.05, 3.63) is 64.2 Å². The molecule has 0 aromatic heterocycles. The van der Waals surface area contributed by atoms with E-state index in [4.69, 9.17) is 4.74 Å². The average molecular weight is 453 g/mol. The summed E-state index contributed by atoms with van der Waals surface area (Å²) in [5.41, 5.74) is 2.81. The Labute approximate surface area is 194 Å². The Hall–Kier alpha value is -3.32. The number of methoxy groups -OCH3 is 1. The number of Topliss-reactive ketones (excluding diaryl/α,β-unsaturated/α-hetero) is 1. The first-order chi connectivity index (χ1) is 15.6. The minimum atomic E-state index is -0.755. The normalized spacial score (nSPS) is 17.9. The van der Waals surface area contributed by atoms with E-state index in [1.54, 1.807) is 19.2 Å². The number of carbonyl (C=O) groups is 2. The van der Waals surface area contributed by atoms with Gasteiger partial charge in [-0.2, -0.15) is 0 Å². The van der Waals surface area contributed by atoms with Crippen molar-refractivity contribution < 1.29 is 24.5 Å². The number of hydrogen-bond donors (Lipinski definition) is 2. The summed E-state index contributed by atoms with van der Waals surface area (Å²) in [6.45, 7) is 6.75. The molecule has 0 spiro atoms. The maximum absolute atomic E-state index is 13.2. The first kappa shape index (κ1) is 24.3. The predicted octanol–water partition coefficient (Wildman–Crippen LogP) is 3.82. The highest BCUT2D eigenvalue weighted by Gasteiger charge is 2.46. The van der Waals surface area contributed by atoms with E-state index in [1.165, 1.54) is 17.0 Å². The fraction of sp³-hybridized carbons (Fsp3) is 0.385. The molecule has 1 fully saturated rings. The second kappa shape index (κ2) is 9.67. The molecule has 7 heteroatoms. The third-order valence-corrected chi connectivity index (χ3v) is 5.99. The van der Waals surface area contributed by atoms with Crippen molar-refractivity contribution in [1.29, 1.82) is 0 Å². The van der Waals surface area contributed by atoms with Gasteiger partial charge >= 0.3 is 0 Å². The zero-order valence-corrected chi connectivity index (χ0v) is 20.0. The quantitative estimate of drug-likeness (QED) is 0.377. The highest BCUT2D eigenvalue weighted by molar-refractivity contribution is 6.46. The number of phenols is 1. The molecule has 1 aliphatic rings.